The largest absolute Gasteiger partial charge is 0.377 e. The minimum absolute atomic E-state index is 0. The highest BCUT2D eigenvalue weighted by Gasteiger charge is 1.99. The summed E-state index contributed by atoms with van der Waals surface area (Å²) in [5.41, 5.74) is 1.29. The molecule has 0 saturated carbocycles. The molecule has 2 rings (SSSR count). The SMILES string of the molecule is CN=C(Cc1ccc2ccccc2c1)NC.Cl. The van der Waals surface area contributed by atoms with E-state index in [9.17, 15) is 0 Å². The molecule has 0 aromatic heterocycles. The Morgan fingerprint density at radius 3 is 2.47 bits per heavy atom. The van der Waals surface area contributed by atoms with Crippen molar-refractivity contribution >= 4 is 29.0 Å². The minimum Gasteiger partial charge on any atom is -0.377 e. The normalized spacial score (nSPS) is 11.1. The van der Waals surface area contributed by atoms with Gasteiger partial charge in [0.1, 0.15) is 5.84 Å². The van der Waals surface area contributed by atoms with Gasteiger partial charge in [-0.25, -0.2) is 0 Å². The van der Waals surface area contributed by atoms with E-state index in [1.807, 2.05) is 14.1 Å². The number of nitrogens with zero attached hydrogens (tertiary/aromatic N) is 1. The predicted molar refractivity (Wildman–Crippen MR) is 77.3 cm³/mol. The van der Waals surface area contributed by atoms with Crippen LogP contribution in [0.25, 0.3) is 10.8 Å². The van der Waals surface area contributed by atoms with Gasteiger partial charge in [0.15, 0.2) is 0 Å². The fourth-order valence-electron chi connectivity index (χ4n) is 1.82. The van der Waals surface area contributed by atoms with Crippen molar-refractivity contribution in [2.24, 2.45) is 4.99 Å². The summed E-state index contributed by atoms with van der Waals surface area (Å²) in [4.78, 5) is 4.19. The number of hydrogen-bond donors (Lipinski definition) is 1. The number of nitrogens with one attached hydrogen (secondary N) is 1. The van der Waals surface area contributed by atoms with Crippen molar-refractivity contribution in [2.45, 2.75) is 6.42 Å². The predicted octanol–water partition coefficient (Wildman–Crippen LogP) is 3.05. The summed E-state index contributed by atoms with van der Waals surface area (Å²) in [6, 6.07) is 14.9. The molecule has 0 heterocycles. The van der Waals surface area contributed by atoms with E-state index in [-0.39, 0.29) is 12.4 Å². The molecule has 0 spiro atoms. The summed E-state index contributed by atoms with van der Waals surface area (Å²) < 4.78 is 0. The second-order valence-corrected chi connectivity index (χ2v) is 3.78. The second kappa shape index (κ2) is 6.26. The number of benzene rings is 2. The number of fused-ring (bicyclic) bond motifs is 1. The van der Waals surface area contributed by atoms with E-state index in [4.69, 9.17) is 0 Å². The Kier molecular flexibility index (Phi) is 4.98. The van der Waals surface area contributed by atoms with Crippen molar-refractivity contribution in [3.8, 4) is 0 Å². The van der Waals surface area contributed by atoms with Gasteiger partial charge in [0.2, 0.25) is 0 Å². The molecule has 0 saturated heterocycles. The first-order chi connectivity index (χ1) is 7.83. The Labute approximate surface area is 108 Å². The third-order valence-electron chi connectivity index (χ3n) is 2.74. The highest BCUT2D eigenvalue weighted by atomic mass is 35.5. The second-order valence-electron chi connectivity index (χ2n) is 3.78. The number of amidine groups is 1. The summed E-state index contributed by atoms with van der Waals surface area (Å²) in [5, 5.41) is 5.67. The van der Waals surface area contributed by atoms with Gasteiger partial charge in [-0.2, -0.15) is 0 Å². The Balaban J connectivity index is 0.00000144. The monoisotopic (exact) mass is 248 g/mol. The standard InChI is InChI=1S/C14H16N2.ClH/c1-15-14(16-2)10-11-7-8-12-5-3-4-6-13(12)9-11;/h3-9H,10H2,1-2H3,(H,15,16);1H. The highest BCUT2D eigenvalue weighted by molar-refractivity contribution is 5.87. The fraction of sp³-hybridized carbons (Fsp3) is 0.214. The molecule has 0 radical (unpaired) electrons. The van der Waals surface area contributed by atoms with Crippen LogP contribution in [-0.4, -0.2) is 19.9 Å². The number of rotatable bonds is 2. The highest BCUT2D eigenvalue weighted by Crippen LogP contribution is 2.15. The van der Waals surface area contributed by atoms with Crippen molar-refractivity contribution in [1.82, 2.24) is 5.32 Å². The first-order valence-corrected chi connectivity index (χ1v) is 5.44. The maximum Gasteiger partial charge on any atom is 0.100 e. The van der Waals surface area contributed by atoms with Gasteiger partial charge < -0.3 is 5.32 Å². The molecule has 2 nitrogen and oxygen atoms in total. The van der Waals surface area contributed by atoms with Gasteiger partial charge in [-0.3, -0.25) is 4.99 Å². The van der Waals surface area contributed by atoms with Crippen molar-refractivity contribution in [2.75, 3.05) is 14.1 Å². The molecule has 0 aliphatic carbocycles. The van der Waals surface area contributed by atoms with E-state index in [1.165, 1.54) is 16.3 Å². The number of aliphatic imine (C=N–C) groups is 1. The van der Waals surface area contributed by atoms with Gasteiger partial charge in [0, 0.05) is 20.5 Å². The van der Waals surface area contributed by atoms with Crippen LogP contribution < -0.4 is 5.32 Å². The third-order valence-corrected chi connectivity index (χ3v) is 2.74. The van der Waals surface area contributed by atoms with Gasteiger partial charge in [0.05, 0.1) is 0 Å². The molecule has 0 bridgehead atoms. The zero-order valence-corrected chi connectivity index (χ0v) is 10.9. The number of halogens is 1. The first kappa shape index (κ1) is 13.5. The van der Waals surface area contributed by atoms with E-state index in [0.717, 1.165) is 12.3 Å². The average molecular weight is 249 g/mol. The lowest BCUT2D eigenvalue weighted by Gasteiger charge is -2.06. The molecule has 0 aliphatic rings. The van der Waals surface area contributed by atoms with Gasteiger partial charge in [0.25, 0.3) is 0 Å². The van der Waals surface area contributed by atoms with Crippen LogP contribution in [0.4, 0.5) is 0 Å². The zero-order valence-electron chi connectivity index (χ0n) is 10.1. The van der Waals surface area contributed by atoms with E-state index in [2.05, 4.69) is 52.8 Å². The zero-order chi connectivity index (χ0) is 11.4. The van der Waals surface area contributed by atoms with Gasteiger partial charge in [-0.1, -0.05) is 42.5 Å². The minimum atomic E-state index is 0. The summed E-state index contributed by atoms with van der Waals surface area (Å²) in [5.74, 6) is 1.01. The first-order valence-electron chi connectivity index (χ1n) is 5.44. The Morgan fingerprint density at radius 2 is 1.82 bits per heavy atom. The van der Waals surface area contributed by atoms with Crippen LogP contribution >= 0.6 is 12.4 Å². The molecule has 0 fully saturated rings. The number of hydrogen-bond acceptors (Lipinski definition) is 1. The summed E-state index contributed by atoms with van der Waals surface area (Å²) in [6.45, 7) is 0. The van der Waals surface area contributed by atoms with Crippen LogP contribution in [0.3, 0.4) is 0 Å². The van der Waals surface area contributed by atoms with Crippen LogP contribution in [0.1, 0.15) is 5.56 Å². The Hall–Kier alpha value is -1.54. The van der Waals surface area contributed by atoms with Crippen LogP contribution in [0, 0.1) is 0 Å². The molecule has 90 valence electrons. The molecule has 2 aromatic rings. The lowest BCUT2D eigenvalue weighted by molar-refractivity contribution is 1.09. The van der Waals surface area contributed by atoms with Crippen molar-refractivity contribution in [3.63, 3.8) is 0 Å². The van der Waals surface area contributed by atoms with Gasteiger partial charge in [-0.15, -0.1) is 12.4 Å². The van der Waals surface area contributed by atoms with Crippen molar-refractivity contribution in [3.05, 3.63) is 48.0 Å². The van der Waals surface area contributed by atoms with E-state index >= 15 is 0 Å². The van der Waals surface area contributed by atoms with Crippen LogP contribution in [-0.2, 0) is 6.42 Å². The summed E-state index contributed by atoms with van der Waals surface area (Å²) >= 11 is 0. The fourth-order valence-corrected chi connectivity index (χ4v) is 1.82. The van der Waals surface area contributed by atoms with Gasteiger partial charge in [-0.05, 0) is 16.3 Å². The van der Waals surface area contributed by atoms with E-state index < -0.39 is 0 Å². The van der Waals surface area contributed by atoms with Gasteiger partial charge >= 0.3 is 0 Å². The maximum atomic E-state index is 4.19. The molecular formula is C14H17ClN2. The lowest BCUT2D eigenvalue weighted by atomic mass is 10.0. The molecule has 2 aromatic carbocycles. The van der Waals surface area contributed by atoms with E-state index in [0.29, 0.717) is 0 Å². The summed E-state index contributed by atoms with van der Waals surface area (Å²) in [6.07, 6.45) is 0.859. The van der Waals surface area contributed by atoms with E-state index in [1.54, 1.807) is 0 Å². The molecule has 3 heteroatoms. The average Bonchev–Trinajstić information content (AvgIpc) is 2.35. The molecule has 0 atom stereocenters. The molecule has 1 N–H and O–H groups in total. The van der Waals surface area contributed by atoms with Crippen LogP contribution in [0.2, 0.25) is 0 Å². The number of likely N-dealkylation sites (N-methyl/N-ethyl adjacent to an activating group) is 1. The van der Waals surface area contributed by atoms with Crippen molar-refractivity contribution < 1.29 is 0 Å². The smallest absolute Gasteiger partial charge is 0.100 e. The molecule has 0 unspecified atom stereocenters. The Morgan fingerprint density at radius 1 is 1.12 bits per heavy atom. The molecule has 0 aliphatic heterocycles. The Bertz CT molecular complexity index is 520. The van der Waals surface area contributed by atoms with Crippen molar-refractivity contribution in [1.29, 1.82) is 0 Å². The molecular weight excluding hydrogens is 232 g/mol. The van der Waals surface area contributed by atoms with Crippen LogP contribution in [0.5, 0.6) is 0 Å². The quantitative estimate of drug-likeness (QED) is 0.641. The summed E-state index contributed by atoms with van der Waals surface area (Å²) in [7, 11) is 3.72. The molecule has 17 heavy (non-hydrogen) atoms. The maximum absolute atomic E-state index is 4.19. The van der Waals surface area contributed by atoms with Crippen LogP contribution in [0.15, 0.2) is 47.5 Å². The third kappa shape index (κ3) is 3.21. The topological polar surface area (TPSA) is 24.4 Å². The molecule has 0 amide bonds. The lowest BCUT2D eigenvalue weighted by Crippen LogP contribution is -2.20.